The highest BCUT2D eigenvalue weighted by atomic mass is 32.2. The molecule has 0 saturated heterocycles. The minimum absolute atomic E-state index is 0.0973. The summed E-state index contributed by atoms with van der Waals surface area (Å²) in [5.74, 6) is 0. The maximum Gasteiger partial charge on any atom is 0.243 e. The Bertz CT molecular complexity index is 512. The van der Waals surface area contributed by atoms with Gasteiger partial charge in [-0.1, -0.05) is 12.1 Å². The van der Waals surface area contributed by atoms with E-state index >= 15 is 0 Å². The van der Waals surface area contributed by atoms with Crippen molar-refractivity contribution in [1.29, 1.82) is 0 Å². The maximum atomic E-state index is 12.5. The van der Waals surface area contributed by atoms with Crippen LogP contribution in [0.1, 0.15) is 24.5 Å². The second kappa shape index (κ2) is 5.82. The monoisotopic (exact) mass is 270 g/mol. The standard InChI is InChI=1S/C13H22N2O2S/c1-10-5-6-11(2)13(9-10)18(16,17)15(4)12(3)7-8-14/h5-6,9,12H,7-8,14H2,1-4H3. The van der Waals surface area contributed by atoms with Crippen LogP contribution in [0.2, 0.25) is 0 Å². The molecule has 1 atom stereocenters. The molecule has 4 nitrogen and oxygen atoms in total. The van der Waals surface area contributed by atoms with Gasteiger partial charge in [0.15, 0.2) is 0 Å². The quantitative estimate of drug-likeness (QED) is 0.885. The molecule has 0 saturated carbocycles. The molecule has 0 bridgehead atoms. The van der Waals surface area contributed by atoms with Gasteiger partial charge in [-0.25, -0.2) is 8.42 Å². The summed E-state index contributed by atoms with van der Waals surface area (Å²) in [6.45, 7) is 6.05. The van der Waals surface area contributed by atoms with Crippen LogP contribution in [0.3, 0.4) is 0 Å². The molecule has 0 aromatic heterocycles. The summed E-state index contributed by atoms with van der Waals surface area (Å²) in [6, 6.07) is 5.37. The first-order valence-electron chi connectivity index (χ1n) is 6.06. The van der Waals surface area contributed by atoms with E-state index in [4.69, 9.17) is 5.73 Å². The van der Waals surface area contributed by atoms with Crippen molar-refractivity contribution < 1.29 is 8.42 Å². The van der Waals surface area contributed by atoms with Crippen LogP contribution in [0.4, 0.5) is 0 Å². The molecule has 0 spiro atoms. The Morgan fingerprint density at radius 1 is 1.33 bits per heavy atom. The number of sulfonamides is 1. The lowest BCUT2D eigenvalue weighted by molar-refractivity contribution is 0.374. The van der Waals surface area contributed by atoms with Crippen molar-refractivity contribution in [2.75, 3.05) is 13.6 Å². The fourth-order valence-corrected chi connectivity index (χ4v) is 3.50. The molecule has 0 aliphatic heterocycles. The lowest BCUT2D eigenvalue weighted by Gasteiger charge is -2.24. The summed E-state index contributed by atoms with van der Waals surface area (Å²) in [5, 5.41) is 0. The third-order valence-corrected chi connectivity index (χ3v) is 5.32. The predicted molar refractivity (Wildman–Crippen MR) is 74.0 cm³/mol. The van der Waals surface area contributed by atoms with Gasteiger partial charge in [-0.05, 0) is 50.9 Å². The molecule has 1 rings (SSSR count). The van der Waals surface area contributed by atoms with Gasteiger partial charge in [-0.3, -0.25) is 0 Å². The van der Waals surface area contributed by atoms with E-state index in [-0.39, 0.29) is 6.04 Å². The Morgan fingerprint density at radius 2 is 1.94 bits per heavy atom. The number of hydrogen-bond donors (Lipinski definition) is 1. The van der Waals surface area contributed by atoms with Crippen molar-refractivity contribution in [3.63, 3.8) is 0 Å². The largest absolute Gasteiger partial charge is 0.330 e. The molecule has 1 unspecified atom stereocenters. The normalized spacial score (nSPS) is 13.9. The third kappa shape index (κ3) is 3.10. The van der Waals surface area contributed by atoms with Gasteiger partial charge in [0, 0.05) is 13.1 Å². The number of benzene rings is 1. The SMILES string of the molecule is Cc1ccc(C)c(S(=O)(=O)N(C)C(C)CCN)c1. The average Bonchev–Trinajstić information content (AvgIpc) is 2.31. The van der Waals surface area contributed by atoms with E-state index in [0.717, 1.165) is 11.1 Å². The van der Waals surface area contributed by atoms with Gasteiger partial charge >= 0.3 is 0 Å². The minimum Gasteiger partial charge on any atom is -0.330 e. The summed E-state index contributed by atoms with van der Waals surface area (Å²) in [4.78, 5) is 0.383. The Kier molecular flexibility index (Phi) is 4.90. The molecule has 0 aliphatic rings. The molecular formula is C13H22N2O2S. The zero-order valence-corrected chi connectivity index (χ0v) is 12.3. The van der Waals surface area contributed by atoms with Gasteiger partial charge in [0.2, 0.25) is 10.0 Å². The van der Waals surface area contributed by atoms with Gasteiger partial charge in [-0.2, -0.15) is 4.31 Å². The van der Waals surface area contributed by atoms with Crippen LogP contribution >= 0.6 is 0 Å². The highest BCUT2D eigenvalue weighted by molar-refractivity contribution is 7.89. The summed E-state index contributed by atoms with van der Waals surface area (Å²) < 4.78 is 26.4. The Morgan fingerprint density at radius 3 is 2.50 bits per heavy atom. The van der Waals surface area contributed by atoms with E-state index in [1.54, 1.807) is 13.1 Å². The molecule has 0 aliphatic carbocycles. The van der Waals surface area contributed by atoms with Crippen molar-refractivity contribution in [3.05, 3.63) is 29.3 Å². The molecular weight excluding hydrogens is 248 g/mol. The van der Waals surface area contributed by atoms with Crippen molar-refractivity contribution in [3.8, 4) is 0 Å². The Balaban J connectivity index is 3.17. The fraction of sp³-hybridized carbons (Fsp3) is 0.538. The molecule has 5 heteroatoms. The number of nitrogens with two attached hydrogens (primary N) is 1. The molecule has 18 heavy (non-hydrogen) atoms. The lowest BCUT2D eigenvalue weighted by Crippen LogP contribution is -2.36. The van der Waals surface area contributed by atoms with Crippen LogP contribution in [0.15, 0.2) is 23.1 Å². The smallest absolute Gasteiger partial charge is 0.243 e. The van der Waals surface area contributed by atoms with Crippen molar-refractivity contribution in [2.24, 2.45) is 5.73 Å². The summed E-state index contributed by atoms with van der Waals surface area (Å²) in [6.07, 6.45) is 0.653. The van der Waals surface area contributed by atoms with E-state index in [1.165, 1.54) is 4.31 Å². The second-order valence-corrected chi connectivity index (χ2v) is 6.68. The summed E-state index contributed by atoms with van der Waals surface area (Å²) >= 11 is 0. The molecule has 0 heterocycles. The zero-order chi connectivity index (χ0) is 13.9. The van der Waals surface area contributed by atoms with Crippen LogP contribution in [0, 0.1) is 13.8 Å². The van der Waals surface area contributed by atoms with Crippen LogP contribution < -0.4 is 5.73 Å². The molecule has 0 amide bonds. The van der Waals surface area contributed by atoms with Gasteiger partial charge in [0.05, 0.1) is 4.90 Å². The van der Waals surface area contributed by atoms with Crippen LogP contribution in [-0.2, 0) is 10.0 Å². The van der Waals surface area contributed by atoms with Crippen molar-refractivity contribution >= 4 is 10.0 Å². The first-order chi connectivity index (χ1) is 8.30. The molecule has 0 fully saturated rings. The zero-order valence-electron chi connectivity index (χ0n) is 11.5. The molecule has 1 aromatic carbocycles. The number of hydrogen-bond acceptors (Lipinski definition) is 3. The van der Waals surface area contributed by atoms with E-state index in [9.17, 15) is 8.42 Å². The summed E-state index contributed by atoms with van der Waals surface area (Å²) in [5.41, 5.74) is 7.20. The highest BCUT2D eigenvalue weighted by Crippen LogP contribution is 2.22. The van der Waals surface area contributed by atoms with Crippen LogP contribution in [-0.4, -0.2) is 32.4 Å². The predicted octanol–water partition coefficient (Wildman–Crippen LogP) is 1.66. The summed E-state index contributed by atoms with van der Waals surface area (Å²) in [7, 11) is -1.83. The van der Waals surface area contributed by atoms with Crippen LogP contribution in [0.25, 0.3) is 0 Å². The molecule has 2 N–H and O–H groups in total. The number of rotatable bonds is 5. The third-order valence-electron chi connectivity index (χ3n) is 3.21. The van der Waals surface area contributed by atoms with Gasteiger partial charge < -0.3 is 5.73 Å². The van der Waals surface area contributed by atoms with Gasteiger partial charge in [-0.15, -0.1) is 0 Å². The molecule has 0 radical (unpaired) electrons. The van der Waals surface area contributed by atoms with E-state index < -0.39 is 10.0 Å². The van der Waals surface area contributed by atoms with Gasteiger partial charge in [0.1, 0.15) is 0 Å². The van der Waals surface area contributed by atoms with Gasteiger partial charge in [0.25, 0.3) is 0 Å². The highest BCUT2D eigenvalue weighted by Gasteiger charge is 2.26. The maximum absolute atomic E-state index is 12.5. The number of aryl methyl sites for hydroxylation is 2. The average molecular weight is 270 g/mol. The number of nitrogens with zero attached hydrogens (tertiary/aromatic N) is 1. The van der Waals surface area contributed by atoms with E-state index in [0.29, 0.717) is 17.9 Å². The van der Waals surface area contributed by atoms with E-state index in [1.807, 2.05) is 32.9 Å². The fourth-order valence-electron chi connectivity index (χ4n) is 1.80. The molecule has 102 valence electrons. The Hall–Kier alpha value is -0.910. The van der Waals surface area contributed by atoms with Crippen molar-refractivity contribution in [1.82, 2.24) is 4.31 Å². The first kappa shape index (κ1) is 15.1. The first-order valence-corrected chi connectivity index (χ1v) is 7.50. The second-order valence-electron chi connectivity index (χ2n) is 4.72. The Labute approximate surface area is 110 Å². The minimum atomic E-state index is -3.44. The van der Waals surface area contributed by atoms with Crippen molar-refractivity contribution in [2.45, 2.75) is 38.1 Å². The topological polar surface area (TPSA) is 63.4 Å². The molecule has 1 aromatic rings. The van der Waals surface area contributed by atoms with E-state index in [2.05, 4.69) is 0 Å². The lowest BCUT2D eigenvalue weighted by atomic mass is 10.2. The van der Waals surface area contributed by atoms with Crippen LogP contribution in [0.5, 0.6) is 0 Å².